The van der Waals surface area contributed by atoms with Gasteiger partial charge in [0.1, 0.15) is 6.61 Å². The van der Waals surface area contributed by atoms with Crippen LogP contribution in [-0.2, 0) is 19.1 Å². The molecule has 0 saturated carbocycles. The lowest BCUT2D eigenvalue weighted by Crippen LogP contribution is -2.01. The van der Waals surface area contributed by atoms with Crippen LogP contribution in [0.15, 0.2) is 24.3 Å². The molecule has 88 valence electrons. The van der Waals surface area contributed by atoms with Crippen molar-refractivity contribution in [3.8, 4) is 24.2 Å². The maximum Gasteiger partial charge on any atom is 0.331 e. The highest BCUT2D eigenvalue weighted by Crippen LogP contribution is 1.85. The van der Waals surface area contributed by atoms with Crippen LogP contribution in [0.25, 0.3) is 0 Å². The molecule has 0 aliphatic heterocycles. The van der Waals surface area contributed by atoms with Gasteiger partial charge in [-0.05, 0) is 12.2 Å². The van der Waals surface area contributed by atoms with Crippen LogP contribution < -0.4 is 0 Å². The molecule has 0 rings (SSSR count). The number of carbonyl (C=O) groups excluding carboxylic acids is 2. The highest BCUT2D eigenvalue weighted by atomic mass is 16.5. The smallest absolute Gasteiger partial charge is 0.331 e. The Balaban J connectivity index is 3.72. The maximum atomic E-state index is 10.9. The number of esters is 2. The van der Waals surface area contributed by atoms with Crippen LogP contribution in [0.1, 0.15) is 6.42 Å². The van der Waals surface area contributed by atoms with Gasteiger partial charge in [-0.2, -0.15) is 0 Å². The third kappa shape index (κ3) is 9.84. The van der Waals surface area contributed by atoms with Crippen molar-refractivity contribution in [2.24, 2.45) is 0 Å². The number of allylic oxidation sites excluding steroid dienone is 2. The van der Waals surface area contributed by atoms with Crippen molar-refractivity contribution in [1.29, 1.82) is 0 Å². The Morgan fingerprint density at radius 3 is 2.59 bits per heavy atom. The number of hydrogen-bond acceptors (Lipinski definition) is 4. The SMILES string of the molecule is C#C/C=C\C(=O)OCCC#C/C=C\C(=O)OC. The van der Waals surface area contributed by atoms with Gasteiger partial charge in [-0.3, -0.25) is 0 Å². The summed E-state index contributed by atoms with van der Waals surface area (Å²) >= 11 is 0. The van der Waals surface area contributed by atoms with E-state index in [1.54, 1.807) is 0 Å². The fraction of sp³-hybridized carbons (Fsp3) is 0.231. The average molecular weight is 232 g/mol. The van der Waals surface area contributed by atoms with Gasteiger partial charge in [0.2, 0.25) is 0 Å². The normalized spacial score (nSPS) is 9.41. The fourth-order valence-corrected chi connectivity index (χ4v) is 0.676. The van der Waals surface area contributed by atoms with Crippen molar-refractivity contribution in [3.63, 3.8) is 0 Å². The molecule has 0 aromatic heterocycles. The monoisotopic (exact) mass is 232 g/mol. The Bertz CT molecular complexity index is 413. The van der Waals surface area contributed by atoms with E-state index in [1.165, 1.54) is 25.3 Å². The summed E-state index contributed by atoms with van der Waals surface area (Å²) < 4.78 is 9.11. The van der Waals surface area contributed by atoms with E-state index in [9.17, 15) is 9.59 Å². The summed E-state index contributed by atoms with van der Waals surface area (Å²) in [5.41, 5.74) is 0. The first-order valence-corrected chi connectivity index (χ1v) is 4.73. The molecule has 17 heavy (non-hydrogen) atoms. The summed E-state index contributed by atoms with van der Waals surface area (Å²) in [6.45, 7) is 0.173. The lowest BCUT2D eigenvalue weighted by molar-refractivity contribution is -0.137. The molecule has 0 aliphatic carbocycles. The van der Waals surface area contributed by atoms with E-state index in [0.717, 1.165) is 6.08 Å². The summed E-state index contributed by atoms with van der Waals surface area (Å²) in [6, 6.07) is 0. The van der Waals surface area contributed by atoms with Crippen LogP contribution in [0.2, 0.25) is 0 Å². The van der Waals surface area contributed by atoms with E-state index in [4.69, 9.17) is 11.2 Å². The molecule has 0 spiro atoms. The first kappa shape index (κ1) is 14.5. The molecule has 0 N–H and O–H groups in total. The van der Waals surface area contributed by atoms with Gasteiger partial charge in [0, 0.05) is 18.6 Å². The molecule has 0 radical (unpaired) electrons. The third-order valence-electron chi connectivity index (χ3n) is 1.39. The minimum atomic E-state index is -0.505. The predicted octanol–water partition coefficient (Wildman–Crippen LogP) is 0.842. The number of methoxy groups -OCH3 is 1. The Morgan fingerprint density at radius 2 is 1.94 bits per heavy atom. The highest BCUT2D eigenvalue weighted by Gasteiger charge is 1.93. The lowest BCUT2D eigenvalue weighted by Gasteiger charge is -1.95. The molecule has 0 bridgehead atoms. The number of rotatable bonds is 4. The Kier molecular flexibility index (Phi) is 8.61. The first-order valence-electron chi connectivity index (χ1n) is 4.73. The molecular weight excluding hydrogens is 220 g/mol. The second-order valence-electron chi connectivity index (χ2n) is 2.60. The van der Waals surface area contributed by atoms with Gasteiger partial charge in [0.15, 0.2) is 0 Å². The van der Waals surface area contributed by atoms with Crippen molar-refractivity contribution in [2.45, 2.75) is 6.42 Å². The van der Waals surface area contributed by atoms with E-state index in [-0.39, 0.29) is 6.61 Å². The molecular formula is C13H12O4. The highest BCUT2D eigenvalue weighted by molar-refractivity contribution is 5.82. The van der Waals surface area contributed by atoms with Crippen LogP contribution in [0, 0.1) is 24.2 Å². The van der Waals surface area contributed by atoms with Crippen molar-refractivity contribution in [1.82, 2.24) is 0 Å². The zero-order chi connectivity index (χ0) is 12.9. The zero-order valence-corrected chi connectivity index (χ0v) is 9.43. The summed E-state index contributed by atoms with van der Waals surface area (Å²) in [7, 11) is 1.28. The summed E-state index contributed by atoms with van der Waals surface area (Å²) in [4.78, 5) is 21.5. The average Bonchev–Trinajstić information content (AvgIpc) is 2.34. The number of ether oxygens (including phenoxy) is 2. The quantitative estimate of drug-likeness (QED) is 0.312. The van der Waals surface area contributed by atoms with E-state index < -0.39 is 11.9 Å². The number of carbonyl (C=O) groups is 2. The molecule has 0 aromatic rings. The van der Waals surface area contributed by atoms with Crippen LogP contribution >= 0.6 is 0 Å². The Hall–Kier alpha value is -2.46. The third-order valence-corrected chi connectivity index (χ3v) is 1.39. The van der Waals surface area contributed by atoms with Crippen molar-refractivity contribution in [2.75, 3.05) is 13.7 Å². The van der Waals surface area contributed by atoms with Gasteiger partial charge >= 0.3 is 11.9 Å². The van der Waals surface area contributed by atoms with Crippen molar-refractivity contribution in [3.05, 3.63) is 24.3 Å². The fourth-order valence-electron chi connectivity index (χ4n) is 0.676. The van der Waals surface area contributed by atoms with Gasteiger partial charge < -0.3 is 9.47 Å². The Morgan fingerprint density at radius 1 is 1.24 bits per heavy atom. The minimum absolute atomic E-state index is 0.173. The van der Waals surface area contributed by atoms with Gasteiger partial charge in [0.05, 0.1) is 7.11 Å². The molecule has 0 heterocycles. The zero-order valence-electron chi connectivity index (χ0n) is 9.43. The summed E-state index contributed by atoms with van der Waals surface area (Å²) in [5, 5.41) is 0. The molecule has 0 atom stereocenters. The molecule has 0 unspecified atom stereocenters. The van der Waals surface area contributed by atoms with Crippen LogP contribution in [0.5, 0.6) is 0 Å². The van der Waals surface area contributed by atoms with Crippen molar-refractivity contribution < 1.29 is 19.1 Å². The molecule has 0 fully saturated rings. The molecule has 4 heteroatoms. The first-order chi connectivity index (χ1) is 8.20. The van der Waals surface area contributed by atoms with E-state index in [0.29, 0.717) is 6.42 Å². The second kappa shape index (κ2) is 10.1. The van der Waals surface area contributed by atoms with Crippen LogP contribution in [0.4, 0.5) is 0 Å². The molecule has 0 amide bonds. The summed E-state index contributed by atoms with van der Waals surface area (Å²) in [5.74, 6) is 6.48. The van der Waals surface area contributed by atoms with E-state index in [2.05, 4.69) is 22.5 Å². The lowest BCUT2D eigenvalue weighted by atomic mass is 10.4. The van der Waals surface area contributed by atoms with Gasteiger partial charge in [-0.25, -0.2) is 9.59 Å². The number of terminal acetylenes is 1. The summed E-state index contributed by atoms with van der Waals surface area (Å²) in [6.07, 6.45) is 10.3. The minimum Gasteiger partial charge on any atom is -0.466 e. The standard InChI is InChI=1S/C13H12O4/c1-3-4-9-13(15)17-11-8-6-5-7-10-12(14)16-2/h1,4,7,9-10H,8,11H2,2H3/b9-4-,10-7-. The van der Waals surface area contributed by atoms with Crippen molar-refractivity contribution >= 4 is 11.9 Å². The maximum absolute atomic E-state index is 10.9. The molecule has 0 saturated heterocycles. The topological polar surface area (TPSA) is 52.6 Å². The van der Waals surface area contributed by atoms with Gasteiger partial charge in [-0.1, -0.05) is 17.8 Å². The van der Waals surface area contributed by atoms with E-state index in [1.807, 2.05) is 0 Å². The van der Waals surface area contributed by atoms with E-state index >= 15 is 0 Å². The van der Waals surface area contributed by atoms with Gasteiger partial charge in [-0.15, -0.1) is 6.42 Å². The Labute approximate surface area is 100 Å². The predicted molar refractivity (Wildman–Crippen MR) is 62.5 cm³/mol. The molecule has 0 aromatic carbocycles. The van der Waals surface area contributed by atoms with Crippen LogP contribution in [0.3, 0.4) is 0 Å². The molecule has 4 nitrogen and oxygen atoms in total. The molecule has 0 aliphatic rings. The van der Waals surface area contributed by atoms with Gasteiger partial charge in [0.25, 0.3) is 0 Å². The number of hydrogen-bond donors (Lipinski definition) is 0. The largest absolute Gasteiger partial charge is 0.466 e. The van der Waals surface area contributed by atoms with Crippen LogP contribution in [-0.4, -0.2) is 25.7 Å². The second-order valence-corrected chi connectivity index (χ2v) is 2.60.